The summed E-state index contributed by atoms with van der Waals surface area (Å²) in [7, 11) is 1.35. The van der Waals surface area contributed by atoms with Crippen LogP contribution in [0.2, 0.25) is 0 Å². The predicted molar refractivity (Wildman–Crippen MR) is 214 cm³/mol. The minimum atomic E-state index is -1.95. The quantitative estimate of drug-likeness (QED) is 0.0301. The molecule has 0 radical (unpaired) electrons. The fourth-order valence-electron chi connectivity index (χ4n) is 7.21. The highest BCUT2D eigenvalue weighted by atomic mass is 16.7. The van der Waals surface area contributed by atoms with Crippen LogP contribution in [-0.2, 0) is 33.2 Å². The van der Waals surface area contributed by atoms with Crippen LogP contribution >= 0.6 is 0 Å². The Balaban J connectivity index is 1.11. The van der Waals surface area contributed by atoms with E-state index in [1.807, 2.05) is 0 Å². The van der Waals surface area contributed by atoms with Gasteiger partial charge in [-0.1, -0.05) is 6.07 Å². The molecule has 0 saturated carbocycles. The SMILES string of the molecule is COc1cc(/C=C/C(=O)OC[C@H]2O[C@@H](OC[C@H]3O[C@@H](Oc4cc5c(O)cc(O)cc5[o+]c4-c4ccc(O)c(O)c4)[C@H](OCC4O[C@@H](O)[C@H](O)[C@H]4O)[C@@H](O)[C@H]3O)[C@H](O)[C@@H](O)[C@@H]2O)ccc1O. The van der Waals surface area contributed by atoms with Gasteiger partial charge in [-0.3, -0.25) is 0 Å². The maximum Gasteiger partial charge on any atom is 0.402 e. The number of hydrogen-bond donors (Lipinski definition) is 13. The van der Waals surface area contributed by atoms with Gasteiger partial charge in [0.2, 0.25) is 12.0 Å². The molecule has 23 heteroatoms. The molecule has 0 spiro atoms. The van der Waals surface area contributed by atoms with Gasteiger partial charge in [-0.05, 0) is 35.9 Å². The van der Waals surface area contributed by atoms with Crippen molar-refractivity contribution in [3.63, 3.8) is 0 Å². The molecule has 4 aromatic rings. The van der Waals surface area contributed by atoms with Gasteiger partial charge >= 0.3 is 17.3 Å². The molecule has 0 aliphatic carbocycles. The van der Waals surface area contributed by atoms with Crippen molar-refractivity contribution in [2.75, 3.05) is 26.9 Å². The van der Waals surface area contributed by atoms with E-state index in [1.165, 1.54) is 43.5 Å². The van der Waals surface area contributed by atoms with E-state index in [0.29, 0.717) is 5.56 Å². The van der Waals surface area contributed by atoms with E-state index in [1.54, 1.807) is 0 Å². The second-order valence-electron chi connectivity index (χ2n) is 15.2. The molecule has 7 rings (SSSR count). The zero-order valence-electron chi connectivity index (χ0n) is 34.0. The van der Waals surface area contributed by atoms with Crippen LogP contribution in [0.3, 0.4) is 0 Å². The normalized spacial score (nSPS) is 31.6. The molecule has 0 amide bonds. The molecule has 3 aliphatic rings. The molecule has 65 heavy (non-hydrogen) atoms. The fourth-order valence-corrected chi connectivity index (χ4v) is 7.21. The molecular formula is C42H47O23+. The number of benzene rings is 3. The largest absolute Gasteiger partial charge is 0.507 e. The minimum absolute atomic E-state index is 0.0257. The first-order chi connectivity index (χ1) is 30.9. The molecule has 1 unspecified atom stereocenters. The topological polar surface area (TPSA) is 365 Å². The number of aliphatic hydroxyl groups excluding tert-OH is 8. The lowest BCUT2D eigenvalue weighted by molar-refractivity contribution is -0.327. The molecule has 1 aromatic heterocycles. The van der Waals surface area contributed by atoms with Crippen molar-refractivity contribution in [3.05, 3.63) is 66.2 Å². The third kappa shape index (κ3) is 10.3. The molecule has 13 N–H and O–H groups in total. The molecule has 23 nitrogen and oxygen atoms in total. The lowest BCUT2D eigenvalue weighted by Crippen LogP contribution is -2.63. The number of hydrogen-bond acceptors (Lipinski definition) is 22. The molecular weight excluding hydrogens is 872 g/mol. The third-order valence-corrected chi connectivity index (χ3v) is 10.8. The molecule has 14 atom stereocenters. The first-order valence-corrected chi connectivity index (χ1v) is 19.8. The van der Waals surface area contributed by atoms with Crippen LogP contribution in [0.1, 0.15) is 5.56 Å². The Kier molecular flexibility index (Phi) is 14.5. The molecule has 352 valence electrons. The zero-order chi connectivity index (χ0) is 46.9. The molecule has 0 bridgehead atoms. The first kappa shape index (κ1) is 47.3. The summed E-state index contributed by atoms with van der Waals surface area (Å²) in [5.74, 6) is -3.30. The third-order valence-electron chi connectivity index (χ3n) is 10.8. The van der Waals surface area contributed by atoms with Crippen molar-refractivity contribution < 1.29 is 113 Å². The van der Waals surface area contributed by atoms with E-state index < -0.39 is 129 Å². The van der Waals surface area contributed by atoms with Crippen molar-refractivity contribution in [3.8, 4) is 51.6 Å². The van der Waals surface area contributed by atoms with E-state index in [2.05, 4.69) is 0 Å². The van der Waals surface area contributed by atoms with Gasteiger partial charge in [0.15, 0.2) is 35.6 Å². The number of ether oxygens (including phenoxy) is 8. The number of rotatable bonds is 14. The van der Waals surface area contributed by atoms with Gasteiger partial charge in [0.25, 0.3) is 0 Å². The minimum Gasteiger partial charge on any atom is -0.507 e. The van der Waals surface area contributed by atoms with Gasteiger partial charge in [-0.15, -0.1) is 0 Å². The van der Waals surface area contributed by atoms with Crippen molar-refractivity contribution in [2.45, 2.75) is 86.0 Å². The highest BCUT2D eigenvalue weighted by Gasteiger charge is 2.51. The monoisotopic (exact) mass is 919 g/mol. The maximum atomic E-state index is 12.5. The van der Waals surface area contributed by atoms with Crippen molar-refractivity contribution in [1.82, 2.24) is 0 Å². The summed E-state index contributed by atoms with van der Waals surface area (Å²) < 4.78 is 50.8. The molecule has 4 heterocycles. The fraction of sp³-hybridized carbons (Fsp3) is 0.429. The second-order valence-corrected chi connectivity index (χ2v) is 15.2. The van der Waals surface area contributed by atoms with Gasteiger partial charge in [-0.2, -0.15) is 0 Å². The van der Waals surface area contributed by atoms with Crippen LogP contribution < -0.4 is 9.47 Å². The number of methoxy groups -OCH3 is 1. The second kappa shape index (κ2) is 19.8. The lowest BCUT2D eigenvalue weighted by atomic mass is 9.98. The van der Waals surface area contributed by atoms with Crippen LogP contribution in [0, 0.1) is 0 Å². The van der Waals surface area contributed by atoms with Gasteiger partial charge in [-0.25, -0.2) is 9.21 Å². The summed E-state index contributed by atoms with van der Waals surface area (Å²) >= 11 is 0. The first-order valence-electron chi connectivity index (χ1n) is 19.8. The highest BCUT2D eigenvalue weighted by Crippen LogP contribution is 2.43. The standard InChI is InChI=1S/C42H46O23/c1-57-25-8-16(2-5-21(25)45)3-7-30(48)58-13-28-31(49)34(52)37(55)41(64-28)60-15-29-32(50)35(53)39(59-14-27-33(51)36(54)40(56)62-27)42(65-29)63-26-12-19-22(46)10-18(43)11-24(19)61-38(26)17-4-6-20(44)23(47)9-17/h2-12,27-29,31-37,39-42,49-56H,13-15H2,1H3,(H4-,43,44,45,46,47,48)/p+1/t27?,28-,29-,31-,32+,33+,34+,35+,36-,37-,39-,40-,41-,42-/m1/s1. The summed E-state index contributed by atoms with van der Waals surface area (Å²) in [6.45, 7) is -2.03. The number of aromatic hydroxyl groups is 5. The summed E-state index contributed by atoms with van der Waals surface area (Å²) in [6.07, 6.45) is -22.0. The number of fused-ring (bicyclic) bond motifs is 1. The van der Waals surface area contributed by atoms with Crippen LogP contribution in [0.15, 0.2) is 65.1 Å². The highest BCUT2D eigenvalue weighted by molar-refractivity contribution is 5.89. The predicted octanol–water partition coefficient (Wildman–Crippen LogP) is -1.35. The molecule has 3 aliphatic heterocycles. The number of phenolic OH excluding ortho intramolecular Hbond substituents is 5. The molecule has 3 fully saturated rings. The Bertz CT molecular complexity index is 2340. The van der Waals surface area contributed by atoms with E-state index in [4.69, 9.17) is 42.3 Å². The Morgan fingerprint density at radius 1 is 0.631 bits per heavy atom. The van der Waals surface area contributed by atoms with Gasteiger partial charge in [0.05, 0.1) is 32.0 Å². The Labute approximate surface area is 366 Å². The maximum absolute atomic E-state index is 12.5. The lowest BCUT2D eigenvalue weighted by Gasteiger charge is -2.43. The van der Waals surface area contributed by atoms with E-state index in [-0.39, 0.29) is 45.3 Å². The van der Waals surface area contributed by atoms with Crippen molar-refractivity contribution in [1.29, 1.82) is 0 Å². The van der Waals surface area contributed by atoms with Crippen molar-refractivity contribution in [2.24, 2.45) is 0 Å². The Hall–Kier alpha value is -5.64. The number of carbonyl (C=O) groups excluding carboxylic acids is 1. The van der Waals surface area contributed by atoms with Crippen LogP contribution in [-0.4, -0.2) is 185 Å². The summed E-state index contributed by atoms with van der Waals surface area (Å²) in [5, 5.41) is 136. The van der Waals surface area contributed by atoms with E-state index in [0.717, 1.165) is 30.3 Å². The van der Waals surface area contributed by atoms with E-state index in [9.17, 15) is 71.2 Å². The zero-order valence-corrected chi connectivity index (χ0v) is 34.0. The smallest absolute Gasteiger partial charge is 0.402 e. The van der Waals surface area contributed by atoms with Crippen LogP contribution in [0.5, 0.6) is 40.2 Å². The average molecular weight is 920 g/mol. The van der Waals surface area contributed by atoms with E-state index >= 15 is 0 Å². The summed E-state index contributed by atoms with van der Waals surface area (Å²) in [5.41, 5.74) is 0.448. The molecule has 3 saturated heterocycles. The number of phenols is 5. The van der Waals surface area contributed by atoms with Gasteiger partial charge in [0, 0.05) is 24.3 Å². The molecule has 3 aromatic carbocycles. The Morgan fingerprint density at radius 2 is 1.29 bits per heavy atom. The van der Waals surface area contributed by atoms with Crippen molar-refractivity contribution >= 4 is 23.0 Å². The number of aliphatic hydroxyl groups is 8. The Morgan fingerprint density at radius 3 is 2.00 bits per heavy atom. The van der Waals surface area contributed by atoms with Crippen LogP contribution in [0.25, 0.3) is 28.4 Å². The van der Waals surface area contributed by atoms with Gasteiger partial charge < -0.3 is 104 Å². The number of esters is 1. The summed E-state index contributed by atoms with van der Waals surface area (Å²) in [4.78, 5) is 12.5. The summed E-state index contributed by atoms with van der Waals surface area (Å²) in [6, 6.07) is 11.2. The number of carbonyl (C=O) groups is 1. The average Bonchev–Trinajstić information content (AvgIpc) is 3.52. The van der Waals surface area contributed by atoms with Crippen LogP contribution in [0.4, 0.5) is 0 Å². The van der Waals surface area contributed by atoms with Gasteiger partial charge in [0.1, 0.15) is 90.6 Å².